The van der Waals surface area contributed by atoms with E-state index in [1.807, 2.05) is 49.1 Å². The standard InChI is InChI=1S/C23H29N3O4S/c1-17-9-10-21(12-18(17)2)26(31(3,29)30)16-22(27)24-14-19-6-4-7-20(13-19)15-25-11-5-8-23(25)28/h4,6-7,9-10,12-13H,5,8,11,14-16H2,1-3H3,(H,24,27). The lowest BCUT2D eigenvalue weighted by Gasteiger charge is -2.22. The molecule has 0 bridgehead atoms. The van der Waals surface area contributed by atoms with Gasteiger partial charge in [0.1, 0.15) is 6.54 Å². The van der Waals surface area contributed by atoms with Crippen molar-refractivity contribution in [3.63, 3.8) is 0 Å². The molecular formula is C23H29N3O4S. The molecule has 1 aliphatic heterocycles. The molecule has 2 aromatic carbocycles. The Morgan fingerprint density at radius 2 is 1.84 bits per heavy atom. The van der Waals surface area contributed by atoms with Gasteiger partial charge in [-0.15, -0.1) is 0 Å². The summed E-state index contributed by atoms with van der Waals surface area (Å²) in [5.41, 5.74) is 4.39. The molecule has 0 radical (unpaired) electrons. The van der Waals surface area contributed by atoms with Crippen LogP contribution in [0.15, 0.2) is 42.5 Å². The zero-order chi connectivity index (χ0) is 22.6. The fourth-order valence-corrected chi connectivity index (χ4v) is 4.45. The number of amides is 2. The molecule has 3 rings (SSSR count). The maximum Gasteiger partial charge on any atom is 0.241 e. The second kappa shape index (κ2) is 9.51. The van der Waals surface area contributed by atoms with Crippen molar-refractivity contribution in [2.75, 3.05) is 23.7 Å². The van der Waals surface area contributed by atoms with Crippen LogP contribution in [0.1, 0.15) is 35.1 Å². The van der Waals surface area contributed by atoms with Crippen molar-refractivity contribution in [2.24, 2.45) is 0 Å². The van der Waals surface area contributed by atoms with Gasteiger partial charge < -0.3 is 10.2 Å². The summed E-state index contributed by atoms with van der Waals surface area (Å²) in [5, 5.41) is 2.80. The molecule has 1 fully saturated rings. The van der Waals surface area contributed by atoms with Crippen molar-refractivity contribution in [1.29, 1.82) is 0 Å². The highest BCUT2D eigenvalue weighted by Gasteiger charge is 2.22. The number of hydrogen-bond donors (Lipinski definition) is 1. The summed E-state index contributed by atoms with van der Waals surface area (Å²) in [4.78, 5) is 26.2. The molecule has 2 amide bonds. The molecule has 8 heteroatoms. The third-order valence-electron chi connectivity index (χ3n) is 5.49. The normalized spacial score (nSPS) is 14.0. The van der Waals surface area contributed by atoms with Crippen LogP contribution in [-0.4, -0.2) is 44.5 Å². The maximum atomic E-state index is 12.5. The van der Waals surface area contributed by atoms with Crippen LogP contribution in [0.25, 0.3) is 0 Å². The predicted octanol–water partition coefficient (Wildman–Crippen LogP) is 2.51. The van der Waals surface area contributed by atoms with Crippen molar-refractivity contribution in [3.8, 4) is 0 Å². The van der Waals surface area contributed by atoms with Gasteiger partial charge in [0.15, 0.2) is 0 Å². The number of likely N-dealkylation sites (tertiary alicyclic amines) is 1. The van der Waals surface area contributed by atoms with Gasteiger partial charge in [-0.2, -0.15) is 0 Å². The van der Waals surface area contributed by atoms with Crippen LogP contribution in [0.3, 0.4) is 0 Å². The van der Waals surface area contributed by atoms with Gasteiger partial charge >= 0.3 is 0 Å². The van der Waals surface area contributed by atoms with Crippen molar-refractivity contribution in [3.05, 3.63) is 64.7 Å². The molecule has 31 heavy (non-hydrogen) atoms. The SMILES string of the molecule is Cc1ccc(N(CC(=O)NCc2cccc(CN3CCCC3=O)c2)S(C)(=O)=O)cc1C. The van der Waals surface area contributed by atoms with Gasteiger partial charge in [-0.3, -0.25) is 13.9 Å². The predicted molar refractivity (Wildman–Crippen MR) is 121 cm³/mol. The minimum atomic E-state index is -3.62. The summed E-state index contributed by atoms with van der Waals surface area (Å²) in [6.45, 7) is 5.19. The van der Waals surface area contributed by atoms with E-state index in [1.54, 1.807) is 12.1 Å². The van der Waals surface area contributed by atoms with Crippen molar-refractivity contribution in [1.82, 2.24) is 10.2 Å². The van der Waals surface area contributed by atoms with Crippen molar-refractivity contribution >= 4 is 27.5 Å². The molecule has 2 aromatic rings. The molecule has 0 aliphatic carbocycles. The van der Waals surface area contributed by atoms with E-state index in [-0.39, 0.29) is 24.9 Å². The highest BCUT2D eigenvalue weighted by molar-refractivity contribution is 7.92. The van der Waals surface area contributed by atoms with E-state index >= 15 is 0 Å². The lowest BCUT2D eigenvalue weighted by Crippen LogP contribution is -2.40. The van der Waals surface area contributed by atoms with Gasteiger partial charge in [-0.25, -0.2) is 8.42 Å². The molecule has 0 saturated carbocycles. The molecule has 0 unspecified atom stereocenters. The summed E-state index contributed by atoms with van der Waals surface area (Å²) in [5.74, 6) is -0.213. The van der Waals surface area contributed by atoms with Crippen LogP contribution in [0.5, 0.6) is 0 Å². The minimum Gasteiger partial charge on any atom is -0.350 e. The van der Waals surface area contributed by atoms with Crippen LogP contribution in [0.2, 0.25) is 0 Å². The number of benzene rings is 2. The average molecular weight is 444 g/mol. The molecular weight excluding hydrogens is 414 g/mol. The maximum absolute atomic E-state index is 12.5. The second-order valence-corrected chi connectivity index (χ2v) is 9.96. The average Bonchev–Trinajstić information content (AvgIpc) is 3.11. The summed E-state index contributed by atoms with van der Waals surface area (Å²) in [6, 6.07) is 13.0. The second-order valence-electron chi connectivity index (χ2n) is 8.05. The number of sulfonamides is 1. The largest absolute Gasteiger partial charge is 0.350 e. The first-order valence-electron chi connectivity index (χ1n) is 10.3. The zero-order valence-electron chi connectivity index (χ0n) is 18.2. The van der Waals surface area contributed by atoms with E-state index in [0.29, 0.717) is 18.7 Å². The third kappa shape index (κ3) is 6.07. The number of nitrogens with one attached hydrogen (secondary N) is 1. The van der Waals surface area contributed by atoms with Gasteiger partial charge in [0.25, 0.3) is 0 Å². The van der Waals surface area contributed by atoms with Crippen LogP contribution < -0.4 is 9.62 Å². The van der Waals surface area contributed by atoms with E-state index in [4.69, 9.17) is 0 Å². The molecule has 1 N–H and O–H groups in total. The fourth-order valence-electron chi connectivity index (χ4n) is 3.60. The molecule has 0 atom stereocenters. The Hall–Kier alpha value is -2.87. The Labute approximate surface area is 184 Å². The van der Waals surface area contributed by atoms with E-state index in [9.17, 15) is 18.0 Å². The lowest BCUT2D eigenvalue weighted by atomic mass is 10.1. The first-order valence-corrected chi connectivity index (χ1v) is 12.2. The summed E-state index contributed by atoms with van der Waals surface area (Å²) < 4.78 is 25.7. The van der Waals surface area contributed by atoms with E-state index < -0.39 is 10.0 Å². The Balaban J connectivity index is 1.63. The van der Waals surface area contributed by atoms with E-state index in [2.05, 4.69) is 5.32 Å². The number of carbonyl (C=O) groups is 2. The number of rotatable bonds is 8. The van der Waals surface area contributed by atoms with Crippen LogP contribution >= 0.6 is 0 Å². The molecule has 7 nitrogen and oxygen atoms in total. The Bertz CT molecular complexity index is 1080. The molecule has 0 spiro atoms. The smallest absolute Gasteiger partial charge is 0.241 e. The Morgan fingerprint density at radius 3 is 2.48 bits per heavy atom. The molecule has 1 heterocycles. The van der Waals surface area contributed by atoms with Crippen molar-refractivity contribution < 1.29 is 18.0 Å². The first kappa shape index (κ1) is 22.8. The van der Waals surface area contributed by atoms with E-state index in [1.165, 1.54) is 0 Å². The number of aryl methyl sites for hydroxylation is 2. The molecule has 166 valence electrons. The van der Waals surface area contributed by atoms with Crippen LogP contribution in [0, 0.1) is 13.8 Å². The van der Waals surface area contributed by atoms with Crippen LogP contribution in [0.4, 0.5) is 5.69 Å². The summed E-state index contributed by atoms with van der Waals surface area (Å²) in [6.07, 6.45) is 2.59. The number of nitrogens with zero attached hydrogens (tertiary/aromatic N) is 2. The molecule has 1 saturated heterocycles. The van der Waals surface area contributed by atoms with Gasteiger partial charge in [0, 0.05) is 26.1 Å². The monoisotopic (exact) mass is 443 g/mol. The summed E-state index contributed by atoms with van der Waals surface area (Å²) >= 11 is 0. The number of carbonyl (C=O) groups excluding carboxylic acids is 2. The Morgan fingerprint density at radius 1 is 1.10 bits per heavy atom. The van der Waals surface area contributed by atoms with E-state index in [0.717, 1.165) is 45.8 Å². The van der Waals surface area contributed by atoms with Gasteiger partial charge in [-0.1, -0.05) is 30.3 Å². The molecule has 0 aromatic heterocycles. The van der Waals surface area contributed by atoms with Gasteiger partial charge in [0.05, 0.1) is 11.9 Å². The van der Waals surface area contributed by atoms with Crippen LogP contribution in [-0.2, 0) is 32.7 Å². The quantitative estimate of drug-likeness (QED) is 0.679. The zero-order valence-corrected chi connectivity index (χ0v) is 19.0. The van der Waals surface area contributed by atoms with Gasteiger partial charge in [-0.05, 0) is 54.7 Å². The number of hydrogen-bond acceptors (Lipinski definition) is 4. The first-order chi connectivity index (χ1) is 14.6. The van der Waals surface area contributed by atoms with Crippen molar-refractivity contribution in [2.45, 2.75) is 39.8 Å². The summed E-state index contributed by atoms with van der Waals surface area (Å²) in [7, 11) is -3.62. The number of anilines is 1. The Kier molecular flexibility index (Phi) is 7.00. The minimum absolute atomic E-state index is 0.172. The topological polar surface area (TPSA) is 86.8 Å². The third-order valence-corrected chi connectivity index (χ3v) is 6.63. The molecule has 1 aliphatic rings. The lowest BCUT2D eigenvalue weighted by molar-refractivity contribution is -0.128. The highest BCUT2D eigenvalue weighted by Crippen LogP contribution is 2.21. The highest BCUT2D eigenvalue weighted by atomic mass is 32.2. The fraction of sp³-hybridized carbons (Fsp3) is 0.391. The van der Waals surface area contributed by atoms with Gasteiger partial charge in [0.2, 0.25) is 21.8 Å².